The van der Waals surface area contributed by atoms with Gasteiger partial charge in [0.1, 0.15) is 0 Å². The number of rotatable bonds is 9. The number of aliphatic hydroxyl groups is 1. The highest BCUT2D eigenvalue weighted by molar-refractivity contribution is 6.30. The van der Waals surface area contributed by atoms with Gasteiger partial charge in [-0.05, 0) is 85.0 Å². The molecule has 4 heterocycles. The number of pyridine rings is 2. The molecule has 0 bridgehead atoms. The maximum atomic E-state index is 11.3. The number of nitrogens with one attached hydrogen (secondary N) is 1. The zero-order valence-electron chi connectivity index (χ0n) is 23.6. The lowest BCUT2D eigenvalue weighted by Gasteiger charge is -2.39. The SMILES string of the molecule is C=C(c1ccc(Nc2nc3c(N4CCC(O)(c5ccc(Cl)cc5)CC4)cccn3n2)cc1)N(CC)Cc1ccncc1. The van der Waals surface area contributed by atoms with E-state index in [4.69, 9.17) is 16.6 Å². The van der Waals surface area contributed by atoms with Gasteiger partial charge in [-0.25, -0.2) is 4.52 Å². The summed E-state index contributed by atoms with van der Waals surface area (Å²) in [5.74, 6) is 0.525. The van der Waals surface area contributed by atoms with E-state index in [0.717, 1.165) is 46.9 Å². The Balaban J connectivity index is 1.13. The van der Waals surface area contributed by atoms with Crippen molar-refractivity contribution in [1.29, 1.82) is 0 Å². The van der Waals surface area contributed by atoms with Crippen LogP contribution < -0.4 is 10.2 Å². The van der Waals surface area contributed by atoms with Gasteiger partial charge in [0, 0.05) is 61.2 Å². The van der Waals surface area contributed by atoms with E-state index in [-0.39, 0.29) is 0 Å². The van der Waals surface area contributed by atoms with Gasteiger partial charge in [0.2, 0.25) is 5.95 Å². The van der Waals surface area contributed by atoms with Crippen LogP contribution in [0.15, 0.2) is 98.0 Å². The molecular formula is C33H34ClN7O. The van der Waals surface area contributed by atoms with Crippen LogP contribution in [0.5, 0.6) is 0 Å². The maximum Gasteiger partial charge on any atom is 0.247 e. The highest BCUT2D eigenvalue weighted by atomic mass is 35.5. The van der Waals surface area contributed by atoms with Gasteiger partial charge >= 0.3 is 0 Å². The number of anilines is 3. The number of nitrogens with zero attached hydrogens (tertiary/aromatic N) is 6. The van der Waals surface area contributed by atoms with Crippen LogP contribution >= 0.6 is 11.6 Å². The van der Waals surface area contributed by atoms with E-state index in [0.29, 0.717) is 36.9 Å². The fourth-order valence-electron chi connectivity index (χ4n) is 5.52. The molecule has 6 rings (SSSR count). The minimum absolute atomic E-state index is 0.525. The van der Waals surface area contributed by atoms with Gasteiger partial charge in [-0.1, -0.05) is 42.4 Å². The van der Waals surface area contributed by atoms with Gasteiger partial charge in [0.05, 0.1) is 11.3 Å². The first-order valence-corrected chi connectivity index (χ1v) is 14.6. The normalized spacial score (nSPS) is 14.6. The van der Waals surface area contributed by atoms with E-state index >= 15 is 0 Å². The minimum atomic E-state index is -0.864. The Morgan fingerprint density at radius 2 is 1.74 bits per heavy atom. The molecule has 0 unspecified atom stereocenters. The van der Waals surface area contributed by atoms with Crippen LogP contribution in [-0.2, 0) is 12.1 Å². The van der Waals surface area contributed by atoms with Crippen molar-refractivity contribution in [2.75, 3.05) is 29.9 Å². The van der Waals surface area contributed by atoms with Gasteiger partial charge in [-0.2, -0.15) is 4.98 Å². The van der Waals surface area contributed by atoms with E-state index < -0.39 is 5.60 Å². The third kappa shape index (κ3) is 5.82. The second kappa shape index (κ2) is 11.8. The lowest BCUT2D eigenvalue weighted by Crippen LogP contribution is -2.42. The van der Waals surface area contributed by atoms with Crippen LogP contribution in [0.25, 0.3) is 11.3 Å². The van der Waals surface area contributed by atoms with E-state index in [9.17, 15) is 5.11 Å². The molecule has 9 heteroatoms. The molecule has 0 aliphatic carbocycles. The second-order valence-corrected chi connectivity index (χ2v) is 11.1. The molecule has 0 saturated carbocycles. The maximum absolute atomic E-state index is 11.3. The number of aromatic nitrogens is 4. The van der Waals surface area contributed by atoms with Crippen LogP contribution in [0.3, 0.4) is 0 Å². The molecule has 214 valence electrons. The molecule has 0 amide bonds. The first kappa shape index (κ1) is 27.8. The van der Waals surface area contributed by atoms with Gasteiger partial charge in [0.15, 0.2) is 5.65 Å². The number of hydrogen-bond donors (Lipinski definition) is 2. The van der Waals surface area contributed by atoms with Crippen LogP contribution in [0.1, 0.15) is 36.5 Å². The molecule has 0 radical (unpaired) electrons. The van der Waals surface area contributed by atoms with Gasteiger partial charge in [-0.3, -0.25) is 4.98 Å². The Morgan fingerprint density at radius 1 is 1.02 bits per heavy atom. The smallest absolute Gasteiger partial charge is 0.247 e. The van der Waals surface area contributed by atoms with Crippen LogP contribution in [0.2, 0.25) is 5.02 Å². The molecule has 5 aromatic rings. The molecule has 2 N–H and O–H groups in total. The van der Waals surface area contributed by atoms with E-state index in [1.165, 1.54) is 5.56 Å². The van der Waals surface area contributed by atoms with Crippen LogP contribution in [0, 0.1) is 0 Å². The molecule has 1 aliphatic heterocycles. The van der Waals surface area contributed by atoms with Crippen molar-refractivity contribution in [2.45, 2.75) is 31.9 Å². The Morgan fingerprint density at radius 3 is 2.43 bits per heavy atom. The topological polar surface area (TPSA) is 81.8 Å². The molecule has 1 fully saturated rings. The van der Waals surface area contributed by atoms with Crippen molar-refractivity contribution < 1.29 is 5.11 Å². The summed E-state index contributed by atoms with van der Waals surface area (Å²) in [6.07, 6.45) is 6.77. The summed E-state index contributed by atoms with van der Waals surface area (Å²) >= 11 is 6.05. The highest BCUT2D eigenvalue weighted by Crippen LogP contribution is 2.36. The Hall–Kier alpha value is -4.40. The number of piperidine rings is 1. The molecular weight excluding hydrogens is 546 g/mol. The third-order valence-corrected chi connectivity index (χ3v) is 8.27. The summed E-state index contributed by atoms with van der Waals surface area (Å²) < 4.78 is 1.80. The third-order valence-electron chi connectivity index (χ3n) is 8.02. The monoisotopic (exact) mass is 579 g/mol. The zero-order valence-corrected chi connectivity index (χ0v) is 24.4. The van der Waals surface area contributed by atoms with Crippen molar-refractivity contribution in [2.24, 2.45) is 0 Å². The molecule has 42 heavy (non-hydrogen) atoms. The summed E-state index contributed by atoms with van der Waals surface area (Å²) in [6, 6.07) is 23.8. The van der Waals surface area contributed by atoms with Crippen molar-refractivity contribution in [3.8, 4) is 0 Å². The quantitative estimate of drug-likeness (QED) is 0.206. The van der Waals surface area contributed by atoms with Crippen LogP contribution in [0.4, 0.5) is 17.3 Å². The average molecular weight is 580 g/mol. The van der Waals surface area contributed by atoms with Crippen molar-refractivity contribution in [3.63, 3.8) is 0 Å². The number of halogens is 1. The minimum Gasteiger partial charge on any atom is -0.385 e. The Bertz CT molecular complexity index is 1660. The Kier molecular flexibility index (Phi) is 7.82. The Labute approximate surface area is 250 Å². The van der Waals surface area contributed by atoms with Gasteiger partial charge < -0.3 is 20.2 Å². The summed E-state index contributed by atoms with van der Waals surface area (Å²) in [5.41, 5.74) is 5.94. The largest absolute Gasteiger partial charge is 0.385 e. The molecule has 8 nitrogen and oxygen atoms in total. The summed E-state index contributed by atoms with van der Waals surface area (Å²) in [7, 11) is 0. The summed E-state index contributed by atoms with van der Waals surface area (Å²) in [5, 5.41) is 20.0. The number of hydrogen-bond acceptors (Lipinski definition) is 7. The first-order chi connectivity index (χ1) is 20.4. The fraction of sp³-hybridized carbons (Fsp3) is 0.242. The summed E-state index contributed by atoms with van der Waals surface area (Å²) in [6.45, 7) is 9.53. The van der Waals surface area contributed by atoms with Gasteiger partial charge in [0.25, 0.3) is 0 Å². The van der Waals surface area contributed by atoms with Crippen LogP contribution in [-0.4, -0.2) is 49.2 Å². The van der Waals surface area contributed by atoms with Gasteiger partial charge in [-0.15, -0.1) is 5.10 Å². The average Bonchev–Trinajstić information content (AvgIpc) is 3.44. The molecule has 3 aromatic heterocycles. The van der Waals surface area contributed by atoms with Crippen molar-refractivity contribution >= 4 is 40.3 Å². The molecule has 2 aromatic carbocycles. The zero-order chi connectivity index (χ0) is 29.1. The molecule has 0 spiro atoms. The van der Waals surface area contributed by atoms with E-state index in [1.807, 2.05) is 73.2 Å². The predicted molar refractivity (Wildman–Crippen MR) is 169 cm³/mol. The summed E-state index contributed by atoms with van der Waals surface area (Å²) in [4.78, 5) is 13.5. The van der Waals surface area contributed by atoms with Crippen molar-refractivity contribution in [1.82, 2.24) is 24.5 Å². The van der Waals surface area contributed by atoms with Crippen molar-refractivity contribution in [3.05, 3.63) is 120 Å². The molecule has 0 atom stereocenters. The number of benzene rings is 2. The molecule has 1 saturated heterocycles. The van der Waals surface area contributed by atoms with E-state index in [1.54, 1.807) is 4.52 Å². The highest BCUT2D eigenvalue weighted by Gasteiger charge is 2.34. The lowest BCUT2D eigenvalue weighted by molar-refractivity contribution is 0.0118. The van der Waals surface area contributed by atoms with E-state index in [2.05, 4.69) is 56.9 Å². The molecule has 1 aliphatic rings. The second-order valence-electron chi connectivity index (χ2n) is 10.6. The fourth-order valence-corrected chi connectivity index (χ4v) is 5.65. The lowest BCUT2D eigenvalue weighted by atomic mass is 9.84. The number of fused-ring (bicyclic) bond motifs is 1. The standard InChI is InChI=1S/C33H34ClN7O/c1-3-39(23-25-14-18-35-19-15-25)24(2)26-6-12-29(13-7-26)36-32-37-31-30(5-4-20-41(31)38-32)40-21-16-33(42,17-22-40)27-8-10-28(34)11-9-27/h4-15,18-20,42H,2-3,16-17,21-23H2,1H3,(H,36,38). The first-order valence-electron chi connectivity index (χ1n) is 14.2. The predicted octanol–water partition coefficient (Wildman–Crippen LogP) is 6.50.